The minimum atomic E-state index is -0.535. The van der Waals surface area contributed by atoms with E-state index in [1.165, 1.54) is 6.07 Å². The third-order valence-electron chi connectivity index (χ3n) is 3.26. The largest absolute Gasteiger partial charge is 0.287 e. The number of ketones is 1. The van der Waals surface area contributed by atoms with Crippen molar-refractivity contribution in [1.82, 2.24) is 4.98 Å². The first-order chi connectivity index (χ1) is 10.1. The van der Waals surface area contributed by atoms with Crippen LogP contribution < -0.4 is 0 Å². The summed E-state index contributed by atoms with van der Waals surface area (Å²) < 4.78 is 14.4. The summed E-state index contributed by atoms with van der Waals surface area (Å²) in [6, 6.07) is 13.8. The molecule has 0 saturated heterocycles. The number of para-hydroxylation sites is 1. The van der Waals surface area contributed by atoms with Crippen LogP contribution in [-0.2, 0) is 0 Å². The molecule has 0 saturated carbocycles. The molecule has 0 aliphatic rings. The maximum Gasteiger partial charge on any atom is 0.215 e. The summed E-state index contributed by atoms with van der Waals surface area (Å²) in [6.07, 6.45) is 0. The van der Waals surface area contributed by atoms with Crippen molar-refractivity contribution in [2.24, 2.45) is 0 Å². The molecule has 0 unspecified atom stereocenters. The van der Waals surface area contributed by atoms with Gasteiger partial charge in [0.25, 0.3) is 0 Å². The smallest absolute Gasteiger partial charge is 0.215 e. The highest BCUT2D eigenvalue weighted by molar-refractivity contribution is 9.10. The molecule has 21 heavy (non-hydrogen) atoms. The monoisotopic (exact) mass is 343 g/mol. The number of halogens is 2. The van der Waals surface area contributed by atoms with Gasteiger partial charge in [0, 0.05) is 9.86 Å². The van der Waals surface area contributed by atoms with Crippen LogP contribution in [0.2, 0.25) is 0 Å². The molecule has 0 N–H and O–H groups in total. The summed E-state index contributed by atoms with van der Waals surface area (Å²) in [5.74, 6) is -0.957. The van der Waals surface area contributed by atoms with Gasteiger partial charge in [-0.2, -0.15) is 0 Å². The van der Waals surface area contributed by atoms with E-state index < -0.39 is 11.6 Å². The first kappa shape index (κ1) is 13.9. The van der Waals surface area contributed by atoms with Gasteiger partial charge >= 0.3 is 0 Å². The van der Waals surface area contributed by atoms with Gasteiger partial charge in [0.2, 0.25) is 5.78 Å². The molecule has 0 radical (unpaired) electrons. The highest BCUT2D eigenvalue weighted by Crippen LogP contribution is 2.24. The molecule has 3 rings (SSSR count). The summed E-state index contributed by atoms with van der Waals surface area (Å²) >= 11 is 3.35. The predicted molar refractivity (Wildman–Crippen MR) is 84.0 cm³/mol. The second kappa shape index (κ2) is 5.37. The molecule has 3 aromatic rings. The SMILES string of the molecule is Cc1ccc(F)c(C(=O)c2nc3ccccc3cc2Br)c1. The number of aromatic nitrogens is 1. The average molecular weight is 344 g/mol. The van der Waals surface area contributed by atoms with E-state index in [0.29, 0.717) is 9.99 Å². The predicted octanol–water partition coefficient (Wildman–Crippen LogP) is 4.68. The quantitative estimate of drug-likeness (QED) is 0.632. The van der Waals surface area contributed by atoms with Crippen LogP contribution in [0.5, 0.6) is 0 Å². The van der Waals surface area contributed by atoms with Gasteiger partial charge in [-0.25, -0.2) is 9.37 Å². The van der Waals surface area contributed by atoms with Gasteiger partial charge in [0.15, 0.2) is 0 Å². The molecule has 1 aromatic heterocycles. The Labute approximate surface area is 129 Å². The Balaban J connectivity index is 2.17. The Morgan fingerprint density at radius 2 is 1.90 bits per heavy atom. The number of hydrogen-bond acceptors (Lipinski definition) is 2. The van der Waals surface area contributed by atoms with E-state index in [2.05, 4.69) is 20.9 Å². The van der Waals surface area contributed by atoms with Gasteiger partial charge in [-0.3, -0.25) is 4.79 Å². The normalized spacial score (nSPS) is 10.8. The molecule has 2 nitrogen and oxygen atoms in total. The maximum absolute atomic E-state index is 13.9. The summed E-state index contributed by atoms with van der Waals surface area (Å²) in [5, 5.41) is 0.922. The number of carbonyl (C=O) groups is 1. The van der Waals surface area contributed by atoms with Crippen LogP contribution in [0, 0.1) is 12.7 Å². The lowest BCUT2D eigenvalue weighted by molar-refractivity contribution is 0.103. The molecule has 0 spiro atoms. The third-order valence-corrected chi connectivity index (χ3v) is 3.86. The first-order valence-electron chi connectivity index (χ1n) is 6.42. The number of carbonyl (C=O) groups excluding carboxylic acids is 1. The molecule has 4 heteroatoms. The van der Waals surface area contributed by atoms with Crippen molar-refractivity contribution in [1.29, 1.82) is 0 Å². The van der Waals surface area contributed by atoms with Crippen molar-refractivity contribution in [2.75, 3.05) is 0 Å². The van der Waals surface area contributed by atoms with Gasteiger partial charge in [0.05, 0.1) is 11.1 Å². The molecule has 1 heterocycles. The van der Waals surface area contributed by atoms with E-state index in [4.69, 9.17) is 0 Å². The van der Waals surface area contributed by atoms with Gasteiger partial charge < -0.3 is 0 Å². The van der Waals surface area contributed by atoms with Gasteiger partial charge in [-0.15, -0.1) is 0 Å². The van der Waals surface area contributed by atoms with Crippen LogP contribution in [0.25, 0.3) is 10.9 Å². The van der Waals surface area contributed by atoms with Crippen LogP contribution in [0.1, 0.15) is 21.6 Å². The fourth-order valence-electron chi connectivity index (χ4n) is 2.19. The van der Waals surface area contributed by atoms with Gasteiger partial charge in [0.1, 0.15) is 11.5 Å². The summed E-state index contributed by atoms with van der Waals surface area (Å²) in [4.78, 5) is 16.9. The van der Waals surface area contributed by atoms with Crippen LogP contribution in [0.4, 0.5) is 4.39 Å². The van der Waals surface area contributed by atoms with Crippen molar-refractivity contribution < 1.29 is 9.18 Å². The average Bonchev–Trinajstić information content (AvgIpc) is 2.48. The highest BCUT2D eigenvalue weighted by atomic mass is 79.9. The number of nitrogens with zero attached hydrogens (tertiary/aromatic N) is 1. The molecule has 0 amide bonds. The van der Waals surface area contributed by atoms with Crippen molar-refractivity contribution in [3.63, 3.8) is 0 Å². The van der Waals surface area contributed by atoms with Crippen LogP contribution in [-0.4, -0.2) is 10.8 Å². The maximum atomic E-state index is 13.9. The summed E-state index contributed by atoms with van der Waals surface area (Å²) in [5.41, 5.74) is 1.80. The minimum Gasteiger partial charge on any atom is -0.287 e. The number of aryl methyl sites for hydroxylation is 1. The van der Waals surface area contributed by atoms with Crippen LogP contribution >= 0.6 is 15.9 Å². The van der Waals surface area contributed by atoms with Crippen molar-refractivity contribution in [3.05, 3.63) is 75.6 Å². The number of fused-ring (bicyclic) bond motifs is 1. The van der Waals surface area contributed by atoms with Crippen molar-refractivity contribution >= 4 is 32.6 Å². The Morgan fingerprint density at radius 3 is 2.71 bits per heavy atom. The Bertz CT molecular complexity index is 861. The zero-order valence-electron chi connectivity index (χ0n) is 11.2. The van der Waals surface area contributed by atoms with E-state index >= 15 is 0 Å². The molecule has 0 aliphatic carbocycles. The molecule has 0 aliphatic heterocycles. The number of benzene rings is 2. The van der Waals surface area contributed by atoms with Gasteiger partial charge in [-0.1, -0.05) is 29.8 Å². The molecular weight excluding hydrogens is 333 g/mol. The number of pyridine rings is 1. The second-order valence-corrected chi connectivity index (χ2v) is 5.68. The van der Waals surface area contributed by atoms with E-state index in [9.17, 15) is 9.18 Å². The highest BCUT2D eigenvalue weighted by Gasteiger charge is 2.19. The standard InChI is InChI=1S/C17H11BrFNO/c1-10-6-7-14(19)12(8-10)17(21)16-13(18)9-11-4-2-3-5-15(11)20-16/h2-9H,1H3. The zero-order valence-corrected chi connectivity index (χ0v) is 12.8. The molecule has 104 valence electrons. The first-order valence-corrected chi connectivity index (χ1v) is 7.22. The van der Waals surface area contributed by atoms with Gasteiger partial charge in [-0.05, 0) is 47.1 Å². The Hall–Kier alpha value is -2.07. The minimum absolute atomic E-state index is 0.0403. The molecular formula is C17H11BrFNO. The Kier molecular flexibility index (Phi) is 3.55. The van der Waals surface area contributed by atoms with Crippen molar-refractivity contribution in [3.8, 4) is 0 Å². The molecule has 0 atom stereocenters. The number of rotatable bonds is 2. The molecule has 0 bridgehead atoms. The zero-order chi connectivity index (χ0) is 15.0. The lowest BCUT2D eigenvalue weighted by Crippen LogP contribution is -2.08. The molecule has 0 fully saturated rings. The summed E-state index contributed by atoms with van der Waals surface area (Å²) in [6.45, 7) is 1.82. The van der Waals surface area contributed by atoms with Crippen LogP contribution in [0.15, 0.2) is 53.0 Å². The van der Waals surface area contributed by atoms with E-state index in [1.54, 1.807) is 12.1 Å². The lowest BCUT2D eigenvalue weighted by atomic mass is 10.0. The van der Waals surface area contributed by atoms with E-state index in [-0.39, 0.29) is 11.3 Å². The fourth-order valence-corrected chi connectivity index (χ4v) is 2.71. The topological polar surface area (TPSA) is 30.0 Å². The third kappa shape index (κ3) is 2.59. The van der Waals surface area contributed by atoms with E-state index in [0.717, 1.165) is 10.9 Å². The Morgan fingerprint density at radius 1 is 1.14 bits per heavy atom. The van der Waals surface area contributed by atoms with Crippen molar-refractivity contribution in [2.45, 2.75) is 6.92 Å². The summed E-state index contributed by atoms with van der Waals surface area (Å²) in [7, 11) is 0. The van der Waals surface area contributed by atoms with E-state index in [1.807, 2.05) is 37.3 Å². The van der Waals surface area contributed by atoms with Crippen LogP contribution in [0.3, 0.4) is 0 Å². The number of hydrogen-bond donors (Lipinski definition) is 0. The second-order valence-electron chi connectivity index (χ2n) is 4.82. The fraction of sp³-hybridized carbons (Fsp3) is 0.0588. The molecule has 2 aromatic carbocycles. The lowest BCUT2D eigenvalue weighted by Gasteiger charge is -2.07.